The standard InChI is InChI=1S/C34H47F3O7/c1-2-10-27-28(30(44-33-15-5-8-20-40-33)22-29(27)43-32-14-4-7-19-39-32)17-16-26(42-31-13-3-6-18-38-31)23-41-25-12-9-11-24(21-25)34(35,36)37/h2,9,11-12,16-17,21,26-33H,1,3-8,10,13-15,18-20,22-23H2/b17-16+/t26-,27-,28-,29+,30-,31?,32?,33?/m1/s1. The molecule has 0 amide bonds. The van der Waals surface area contributed by atoms with Crippen molar-refractivity contribution in [3.8, 4) is 5.75 Å². The van der Waals surface area contributed by atoms with Crippen molar-refractivity contribution in [2.75, 3.05) is 26.4 Å². The summed E-state index contributed by atoms with van der Waals surface area (Å²) in [5, 5.41) is 0. The van der Waals surface area contributed by atoms with Crippen LogP contribution in [0.4, 0.5) is 13.2 Å². The molecule has 246 valence electrons. The summed E-state index contributed by atoms with van der Waals surface area (Å²) in [6.45, 7) is 6.06. The molecule has 44 heavy (non-hydrogen) atoms. The number of allylic oxidation sites excluding steroid dienone is 1. The average molecular weight is 625 g/mol. The average Bonchev–Trinajstić information content (AvgIpc) is 3.34. The fraction of sp³-hybridized carbons (Fsp3) is 0.706. The van der Waals surface area contributed by atoms with E-state index in [0.717, 1.165) is 76.3 Å². The Labute approximate surface area is 259 Å². The van der Waals surface area contributed by atoms with Crippen LogP contribution in [-0.2, 0) is 34.6 Å². The second kappa shape index (κ2) is 16.6. The number of benzene rings is 1. The Hall–Kier alpha value is -1.95. The van der Waals surface area contributed by atoms with Gasteiger partial charge in [-0.15, -0.1) is 6.58 Å². The van der Waals surface area contributed by atoms with Crippen LogP contribution in [-0.4, -0.2) is 63.6 Å². The molecule has 1 aromatic carbocycles. The summed E-state index contributed by atoms with van der Waals surface area (Å²) in [5.41, 5.74) is -0.755. The van der Waals surface area contributed by atoms with E-state index >= 15 is 0 Å². The Morgan fingerprint density at radius 1 is 0.864 bits per heavy atom. The molecule has 0 radical (unpaired) electrons. The third kappa shape index (κ3) is 9.77. The summed E-state index contributed by atoms with van der Waals surface area (Å²) in [6, 6.07) is 4.91. The Kier molecular flexibility index (Phi) is 12.6. The summed E-state index contributed by atoms with van der Waals surface area (Å²) in [5.74, 6) is 0.200. The lowest BCUT2D eigenvalue weighted by atomic mass is 9.89. The van der Waals surface area contributed by atoms with Crippen molar-refractivity contribution in [2.24, 2.45) is 11.8 Å². The van der Waals surface area contributed by atoms with E-state index in [0.29, 0.717) is 26.2 Å². The number of hydrogen-bond donors (Lipinski definition) is 0. The Balaban J connectivity index is 1.34. The van der Waals surface area contributed by atoms with Gasteiger partial charge in [-0.3, -0.25) is 0 Å². The van der Waals surface area contributed by atoms with Crippen LogP contribution in [0.1, 0.15) is 76.2 Å². The van der Waals surface area contributed by atoms with Crippen LogP contribution in [0.2, 0.25) is 0 Å². The van der Waals surface area contributed by atoms with E-state index in [1.165, 1.54) is 12.1 Å². The Morgan fingerprint density at radius 3 is 2.09 bits per heavy atom. The summed E-state index contributed by atoms with van der Waals surface area (Å²) >= 11 is 0. The van der Waals surface area contributed by atoms with Crippen LogP contribution < -0.4 is 4.74 Å². The highest BCUT2D eigenvalue weighted by molar-refractivity contribution is 5.30. The van der Waals surface area contributed by atoms with Gasteiger partial charge < -0.3 is 33.2 Å². The summed E-state index contributed by atoms with van der Waals surface area (Å²) in [4.78, 5) is 0. The zero-order chi connectivity index (χ0) is 30.8. The minimum atomic E-state index is -4.45. The number of alkyl halides is 3. The van der Waals surface area contributed by atoms with E-state index < -0.39 is 24.1 Å². The lowest BCUT2D eigenvalue weighted by molar-refractivity contribution is -0.203. The third-order valence-corrected chi connectivity index (χ3v) is 8.82. The molecule has 4 aliphatic rings. The molecule has 1 saturated carbocycles. The van der Waals surface area contributed by atoms with Crippen LogP contribution in [0.5, 0.6) is 5.75 Å². The van der Waals surface area contributed by atoms with E-state index in [9.17, 15) is 13.2 Å². The van der Waals surface area contributed by atoms with E-state index in [2.05, 4.69) is 12.7 Å². The zero-order valence-electron chi connectivity index (χ0n) is 25.5. The number of rotatable bonds is 13. The fourth-order valence-electron chi connectivity index (χ4n) is 6.53. The molecule has 0 N–H and O–H groups in total. The first kappa shape index (κ1) is 33.4. The van der Waals surface area contributed by atoms with Crippen molar-refractivity contribution < 1.29 is 46.3 Å². The van der Waals surface area contributed by atoms with Crippen molar-refractivity contribution in [1.82, 2.24) is 0 Å². The highest BCUT2D eigenvalue weighted by atomic mass is 19.4. The molecule has 0 aromatic heterocycles. The molecule has 3 unspecified atom stereocenters. The van der Waals surface area contributed by atoms with Crippen molar-refractivity contribution in [1.29, 1.82) is 0 Å². The largest absolute Gasteiger partial charge is 0.491 e. The smallest absolute Gasteiger partial charge is 0.416 e. The van der Waals surface area contributed by atoms with Gasteiger partial charge in [0.2, 0.25) is 0 Å². The highest BCUT2D eigenvalue weighted by Crippen LogP contribution is 2.42. The first-order valence-electron chi connectivity index (χ1n) is 16.3. The van der Waals surface area contributed by atoms with Crippen LogP contribution >= 0.6 is 0 Å². The molecular formula is C34H47F3O7. The molecule has 1 aliphatic carbocycles. The molecule has 0 spiro atoms. The maximum Gasteiger partial charge on any atom is 0.416 e. The minimum Gasteiger partial charge on any atom is -0.491 e. The van der Waals surface area contributed by atoms with Gasteiger partial charge in [-0.25, -0.2) is 0 Å². The lowest BCUT2D eigenvalue weighted by Gasteiger charge is -2.30. The van der Waals surface area contributed by atoms with Gasteiger partial charge in [-0.2, -0.15) is 13.2 Å². The third-order valence-electron chi connectivity index (χ3n) is 8.82. The minimum absolute atomic E-state index is 0.0287. The normalized spacial score (nSPS) is 32.5. The van der Waals surface area contributed by atoms with Gasteiger partial charge >= 0.3 is 6.18 Å². The van der Waals surface area contributed by atoms with Crippen molar-refractivity contribution in [3.05, 3.63) is 54.6 Å². The van der Waals surface area contributed by atoms with Crippen LogP contribution in [0.15, 0.2) is 49.1 Å². The molecule has 10 heteroatoms. The first-order valence-corrected chi connectivity index (χ1v) is 16.3. The van der Waals surface area contributed by atoms with Gasteiger partial charge in [-0.05, 0) is 88.3 Å². The van der Waals surface area contributed by atoms with Gasteiger partial charge in [0, 0.05) is 32.2 Å². The van der Waals surface area contributed by atoms with Gasteiger partial charge in [0.15, 0.2) is 18.9 Å². The summed E-state index contributed by atoms with van der Waals surface area (Å²) < 4.78 is 82.9. The van der Waals surface area contributed by atoms with E-state index in [-0.39, 0.29) is 49.0 Å². The molecular weight excluding hydrogens is 577 g/mol. The lowest BCUT2D eigenvalue weighted by Crippen LogP contribution is -2.32. The Morgan fingerprint density at radius 2 is 1.50 bits per heavy atom. The molecule has 5 rings (SSSR count). The molecule has 3 aliphatic heterocycles. The monoisotopic (exact) mass is 624 g/mol. The topological polar surface area (TPSA) is 64.6 Å². The molecule has 3 heterocycles. The van der Waals surface area contributed by atoms with Crippen molar-refractivity contribution >= 4 is 0 Å². The predicted molar refractivity (Wildman–Crippen MR) is 158 cm³/mol. The number of halogens is 3. The van der Waals surface area contributed by atoms with Crippen molar-refractivity contribution in [3.63, 3.8) is 0 Å². The first-order chi connectivity index (χ1) is 21.4. The predicted octanol–water partition coefficient (Wildman–Crippen LogP) is 7.59. The van der Waals surface area contributed by atoms with Crippen LogP contribution in [0.25, 0.3) is 0 Å². The van der Waals surface area contributed by atoms with Crippen molar-refractivity contribution in [2.45, 2.75) is 114 Å². The molecule has 4 fully saturated rings. The summed E-state index contributed by atoms with van der Waals surface area (Å²) in [6.07, 6.45) is 9.94. The van der Waals surface area contributed by atoms with E-state index in [1.54, 1.807) is 0 Å². The Bertz CT molecular complexity index is 1030. The quantitative estimate of drug-likeness (QED) is 0.210. The second-order valence-electron chi connectivity index (χ2n) is 12.1. The van der Waals surface area contributed by atoms with Crippen LogP contribution in [0, 0.1) is 11.8 Å². The SMILES string of the molecule is C=CC[C@@H]1[C@@H](/C=C/[C@H](COc2cccc(C(F)(F)F)c2)OC2CCCCO2)[C@H](OC2CCCCO2)C[C@@H]1OC1CCCCO1. The number of ether oxygens (including phenoxy) is 7. The maximum atomic E-state index is 13.3. The van der Waals surface area contributed by atoms with E-state index in [4.69, 9.17) is 33.2 Å². The molecule has 7 nitrogen and oxygen atoms in total. The molecule has 0 bridgehead atoms. The van der Waals surface area contributed by atoms with Crippen LogP contribution in [0.3, 0.4) is 0 Å². The van der Waals surface area contributed by atoms with E-state index in [1.807, 2.05) is 12.2 Å². The van der Waals surface area contributed by atoms with Gasteiger partial charge in [0.25, 0.3) is 0 Å². The fourth-order valence-corrected chi connectivity index (χ4v) is 6.53. The van der Waals surface area contributed by atoms with Gasteiger partial charge in [0.05, 0.1) is 17.8 Å². The summed E-state index contributed by atoms with van der Waals surface area (Å²) in [7, 11) is 0. The molecule has 8 atom stereocenters. The molecule has 1 aromatic rings. The second-order valence-corrected chi connectivity index (χ2v) is 12.1. The van der Waals surface area contributed by atoms with Gasteiger partial charge in [0.1, 0.15) is 18.5 Å². The number of hydrogen-bond acceptors (Lipinski definition) is 7. The highest BCUT2D eigenvalue weighted by Gasteiger charge is 2.45. The molecule has 3 saturated heterocycles. The zero-order valence-corrected chi connectivity index (χ0v) is 25.5. The maximum absolute atomic E-state index is 13.3. The van der Waals surface area contributed by atoms with Gasteiger partial charge in [-0.1, -0.05) is 24.3 Å².